The maximum absolute atomic E-state index is 12.1. The Kier molecular flexibility index (Phi) is 4.11. The zero-order chi connectivity index (χ0) is 13.8. The van der Waals surface area contributed by atoms with Crippen LogP contribution >= 0.6 is 11.6 Å². The van der Waals surface area contributed by atoms with Crippen molar-refractivity contribution in [1.29, 1.82) is 0 Å². The standard InChI is InChI=1S/C12H12ClN3O3/c13-9-5-6-10(16-15-9)14-11(17)7-3-1-2-4-8(7)12(18)19/h1-2,5-8H,3-4H2,(H,18,19)(H,14,16,17)/t7-,8+/m1/s1. The van der Waals surface area contributed by atoms with Crippen LogP contribution in [0.2, 0.25) is 5.15 Å². The van der Waals surface area contributed by atoms with Gasteiger partial charge in [0.05, 0.1) is 11.8 Å². The molecule has 0 aliphatic heterocycles. The minimum absolute atomic E-state index is 0.224. The second kappa shape index (κ2) is 5.79. The van der Waals surface area contributed by atoms with E-state index >= 15 is 0 Å². The van der Waals surface area contributed by atoms with Gasteiger partial charge in [0.1, 0.15) is 0 Å². The molecule has 2 N–H and O–H groups in total. The summed E-state index contributed by atoms with van der Waals surface area (Å²) in [6, 6.07) is 3.02. The van der Waals surface area contributed by atoms with Crippen LogP contribution in [0.25, 0.3) is 0 Å². The molecule has 1 aliphatic rings. The quantitative estimate of drug-likeness (QED) is 0.823. The summed E-state index contributed by atoms with van der Waals surface area (Å²) >= 11 is 5.59. The Morgan fingerprint density at radius 2 is 1.89 bits per heavy atom. The zero-order valence-corrected chi connectivity index (χ0v) is 10.7. The van der Waals surface area contributed by atoms with Gasteiger partial charge in [0.25, 0.3) is 0 Å². The summed E-state index contributed by atoms with van der Waals surface area (Å²) in [5.74, 6) is -2.38. The number of allylic oxidation sites excluding steroid dienone is 2. The number of aromatic nitrogens is 2. The Morgan fingerprint density at radius 1 is 1.21 bits per heavy atom. The molecule has 0 unspecified atom stereocenters. The van der Waals surface area contributed by atoms with E-state index in [1.54, 1.807) is 6.08 Å². The van der Waals surface area contributed by atoms with Gasteiger partial charge in [-0.15, -0.1) is 10.2 Å². The Hall–Kier alpha value is -1.95. The number of nitrogens with one attached hydrogen (secondary N) is 1. The third kappa shape index (κ3) is 3.29. The van der Waals surface area contributed by atoms with E-state index in [0.29, 0.717) is 12.8 Å². The molecule has 6 nitrogen and oxygen atoms in total. The van der Waals surface area contributed by atoms with E-state index in [9.17, 15) is 9.59 Å². The Bertz CT molecular complexity index is 515. The smallest absolute Gasteiger partial charge is 0.307 e. The number of nitrogens with zero attached hydrogens (tertiary/aromatic N) is 2. The van der Waals surface area contributed by atoms with E-state index in [4.69, 9.17) is 16.7 Å². The molecule has 19 heavy (non-hydrogen) atoms. The first-order chi connectivity index (χ1) is 9.08. The monoisotopic (exact) mass is 281 g/mol. The van der Waals surface area contributed by atoms with Crippen molar-refractivity contribution in [1.82, 2.24) is 10.2 Å². The van der Waals surface area contributed by atoms with E-state index in [1.165, 1.54) is 12.1 Å². The molecule has 2 atom stereocenters. The van der Waals surface area contributed by atoms with Crippen molar-refractivity contribution < 1.29 is 14.7 Å². The molecule has 0 spiro atoms. The number of carbonyl (C=O) groups excluding carboxylic acids is 1. The van der Waals surface area contributed by atoms with Crippen LogP contribution in [0.4, 0.5) is 5.82 Å². The molecular weight excluding hydrogens is 270 g/mol. The number of amides is 1. The second-order valence-corrected chi connectivity index (χ2v) is 4.61. The normalized spacial score (nSPS) is 21.9. The number of anilines is 1. The molecule has 0 bridgehead atoms. The number of carbonyl (C=O) groups is 2. The second-order valence-electron chi connectivity index (χ2n) is 4.22. The van der Waals surface area contributed by atoms with Gasteiger partial charge in [0.15, 0.2) is 11.0 Å². The highest BCUT2D eigenvalue weighted by molar-refractivity contribution is 6.29. The van der Waals surface area contributed by atoms with Gasteiger partial charge in [0, 0.05) is 0 Å². The fourth-order valence-electron chi connectivity index (χ4n) is 1.98. The summed E-state index contributed by atoms with van der Waals surface area (Å²) in [5, 5.41) is 19.2. The van der Waals surface area contributed by atoms with E-state index in [2.05, 4.69) is 15.5 Å². The molecular formula is C12H12ClN3O3. The Morgan fingerprint density at radius 3 is 2.47 bits per heavy atom. The highest BCUT2D eigenvalue weighted by Crippen LogP contribution is 2.27. The molecule has 0 radical (unpaired) electrons. The van der Waals surface area contributed by atoms with Crippen molar-refractivity contribution in [2.75, 3.05) is 5.32 Å². The average molecular weight is 282 g/mol. The molecule has 1 heterocycles. The number of carboxylic acids is 1. The van der Waals surface area contributed by atoms with Gasteiger partial charge >= 0.3 is 5.97 Å². The fraction of sp³-hybridized carbons (Fsp3) is 0.333. The molecule has 1 aliphatic carbocycles. The zero-order valence-electron chi connectivity index (χ0n) is 9.91. The van der Waals surface area contributed by atoms with Crippen LogP contribution in [-0.4, -0.2) is 27.2 Å². The van der Waals surface area contributed by atoms with Gasteiger partial charge in [-0.05, 0) is 25.0 Å². The SMILES string of the molecule is O=C(O)[C@H]1CC=CC[C@H]1C(=O)Nc1ccc(Cl)nn1. The van der Waals surface area contributed by atoms with E-state index in [1.807, 2.05) is 6.08 Å². The minimum atomic E-state index is -0.966. The number of halogens is 1. The highest BCUT2D eigenvalue weighted by Gasteiger charge is 2.34. The van der Waals surface area contributed by atoms with E-state index in [-0.39, 0.29) is 16.9 Å². The number of hydrogen-bond acceptors (Lipinski definition) is 4. The molecule has 100 valence electrons. The van der Waals surface area contributed by atoms with Gasteiger partial charge in [0.2, 0.25) is 5.91 Å². The molecule has 0 fully saturated rings. The minimum Gasteiger partial charge on any atom is -0.481 e. The summed E-state index contributed by atoms with van der Waals surface area (Å²) in [6.45, 7) is 0. The van der Waals surface area contributed by atoms with Crippen molar-refractivity contribution in [2.45, 2.75) is 12.8 Å². The summed E-state index contributed by atoms with van der Waals surface area (Å²) in [5.41, 5.74) is 0. The summed E-state index contributed by atoms with van der Waals surface area (Å²) in [7, 11) is 0. The lowest BCUT2D eigenvalue weighted by Gasteiger charge is -2.23. The number of carboxylic acid groups (broad SMARTS) is 1. The van der Waals surface area contributed by atoms with Crippen LogP contribution in [0.15, 0.2) is 24.3 Å². The first-order valence-electron chi connectivity index (χ1n) is 5.76. The lowest BCUT2D eigenvalue weighted by atomic mass is 9.82. The topological polar surface area (TPSA) is 92.2 Å². The third-order valence-corrected chi connectivity index (χ3v) is 3.17. The first kappa shape index (κ1) is 13.5. The number of aliphatic carboxylic acids is 1. The predicted octanol–water partition coefficient (Wildman–Crippen LogP) is 1.74. The van der Waals surface area contributed by atoms with Gasteiger partial charge in [-0.2, -0.15) is 0 Å². The van der Waals surface area contributed by atoms with Crippen LogP contribution in [-0.2, 0) is 9.59 Å². The van der Waals surface area contributed by atoms with Crippen LogP contribution in [0.5, 0.6) is 0 Å². The van der Waals surface area contributed by atoms with Crippen LogP contribution in [0.1, 0.15) is 12.8 Å². The van der Waals surface area contributed by atoms with Gasteiger partial charge in [-0.3, -0.25) is 9.59 Å². The van der Waals surface area contributed by atoms with Gasteiger partial charge in [-0.1, -0.05) is 23.8 Å². The molecule has 1 aromatic rings. The fourth-order valence-corrected chi connectivity index (χ4v) is 2.08. The van der Waals surface area contributed by atoms with Crippen molar-refractivity contribution in [2.24, 2.45) is 11.8 Å². The Balaban J connectivity index is 2.08. The first-order valence-corrected chi connectivity index (χ1v) is 6.13. The van der Waals surface area contributed by atoms with Crippen LogP contribution in [0.3, 0.4) is 0 Å². The Labute approximate surface area is 114 Å². The van der Waals surface area contributed by atoms with Gasteiger partial charge < -0.3 is 10.4 Å². The van der Waals surface area contributed by atoms with E-state index < -0.39 is 17.8 Å². The van der Waals surface area contributed by atoms with Crippen LogP contribution < -0.4 is 5.32 Å². The maximum Gasteiger partial charge on any atom is 0.307 e. The molecule has 0 saturated heterocycles. The molecule has 1 aromatic heterocycles. The molecule has 0 aromatic carbocycles. The number of rotatable bonds is 3. The van der Waals surface area contributed by atoms with Gasteiger partial charge in [-0.25, -0.2) is 0 Å². The van der Waals surface area contributed by atoms with Crippen molar-refractivity contribution >= 4 is 29.3 Å². The lowest BCUT2D eigenvalue weighted by Crippen LogP contribution is -2.34. The lowest BCUT2D eigenvalue weighted by molar-refractivity contribution is -0.146. The third-order valence-electron chi connectivity index (χ3n) is 2.97. The summed E-state index contributed by atoms with van der Waals surface area (Å²) < 4.78 is 0. The molecule has 1 amide bonds. The van der Waals surface area contributed by atoms with Crippen molar-refractivity contribution in [3.63, 3.8) is 0 Å². The van der Waals surface area contributed by atoms with Crippen molar-refractivity contribution in [3.8, 4) is 0 Å². The highest BCUT2D eigenvalue weighted by atomic mass is 35.5. The molecule has 2 rings (SSSR count). The van der Waals surface area contributed by atoms with Crippen LogP contribution in [0, 0.1) is 11.8 Å². The molecule has 0 saturated carbocycles. The van der Waals surface area contributed by atoms with E-state index in [0.717, 1.165) is 0 Å². The molecule has 7 heteroatoms. The maximum atomic E-state index is 12.1. The largest absolute Gasteiger partial charge is 0.481 e. The predicted molar refractivity (Wildman–Crippen MR) is 68.7 cm³/mol. The average Bonchev–Trinajstić information content (AvgIpc) is 2.41. The number of hydrogen-bond donors (Lipinski definition) is 2. The van der Waals surface area contributed by atoms with Crippen molar-refractivity contribution in [3.05, 3.63) is 29.4 Å². The summed E-state index contributed by atoms with van der Waals surface area (Å²) in [4.78, 5) is 23.2. The summed E-state index contributed by atoms with van der Waals surface area (Å²) in [6.07, 6.45) is 4.37.